The van der Waals surface area contributed by atoms with Gasteiger partial charge in [-0.1, -0.05) is 36.4 Å². The summed E-state index contributed by atoms with van der Waals surface area (Å²) in [5, 5.41) is 0. The average molecular weight is 419 g/mol. The van der Waals surface area contributed by atoms with E-state index in [0.29, 0.717) is 5.92 Å². The molecule has 0 N–H and O–H groups in total. The molecule has 1 aromatic carbocycles. The van der Waals surface area contributed by atoms with Gasteiger partial charge in [-0.25, -0.2) is 4.79 Å². The van der Waals surface area contributed by atoms with Crippen LogP contribution < -0.4 is 0 Å². The van der Waals surface area contributed by atoms with Gasteiger partial charge in [-0.3, -0.25) is 4.98 Å². The number of allylic oxidation sites excluding steroid dienone is 1. The summed E-state index contributed by atoms with van der Waals surface area (Å²) in [7, 11) is 0. The fourth-order valence-electron chi connectivity index (χ4n) is 4.53. The number of aromatic nitrogens is 1. The van der Waals surface area contributed by atoms with Crippen LogP contribution in [0.3, 0.4) is 0 Å². The van der Waals surface area contributed by atoms with E-state index in [2.05, 4.69) is 41.4 Å². The number of aryl methyl sites for hydroxylation is 1. The number of fused-ring (bicyclic) bond motifs is 1. The van der Waals surface area contributed by atoms with E-state index < -0.39 is 5.60 Å². The summed E-state index contributed by atoms with van der Waals surface area (Å²) in [4.78, 5) is 18.6. The molecule has 2 aliphatic rings. The minimum absolute atomic E-state index is 0.176. The third-order valence-electron chi connectivity index (χ3n) is 6.21. The normalized spacial score (nSPS) is 16.4. The fraction of sp³-hybridized carbons (Fsp3) is 0.481. The van der Waals surface area contributed by atoms with Crippen LogP contribution in [0.4, 0.5) is 4.79 Å². The van der Waals surface area contributed by atoms with Gasteiger partial charge in [0.05, 0.1) is 0 Å². The van der Waals surface area contributed by atoms with Crippen LogP contribution in [0.15, 0.2) is 42.7 Å². The van der Waals surface area contributed by atoms with Gasteiger partial charge in [0.2, 0.25) is 0 Å². The van der Waals surface area contributed by atoms with Crippen LogP contribution in [-0.2, 0) is 24.0 Å². The Balaban J connectivity index is 1.26. The standard InChI is InChI=1S/C27H34N2O2/c1-27(2,3)31-26(30)29-13-11-20(12-14-29)7-8-22-16-23(19-28-18-22)15-21-9-10-24-5-4-6-25(24)17-21/h4-5,9-10,16-20H,6-8,11-15H2,1-3H3. The molecule has 0 saturated carbocycles. The predicted molar refractivity (Wildman–Crippen MR) is 125 cm³/mol. The number of piperidine rings is 1. The number of ether oxygens (including phenoxy) is 1. The second kappa shape index (κ2) is 9.25. The Hall–Kier alpha value is -2.62. The number of amides is 1. The van der Waals surface area contributed by atoms with Gasteiger partial charge in [0.15, 0.2) is 0 Å². The van der Waals surface area contributed by atoms with Crippen molar-refractivity contribution in [3.8, 4) is 0 Å². The summed E-state index contributed by atoms with van der Waals surface area (Å²) in [5.74, 6) is 0.659. The minimum atomic E-state index is -0.428. The van der Waals surface area contributed by atoms with E-state index >= 15 is 0 Å². The summed E-state index contributed by atoms with van der Waals surface area (Å²) >= 11 is 0. The van der Waals surface area contributed by atoms with E-state index in [-0.39, 0.29) is 6.09 Å². The number of rotatable bonds is 5. The fourth-order valence-corrected chi connectivity index (χ4v) is 4.53. The van der Waals surface area contributed by atoms with Crippen LogP contribution >= 0.6 is 0 Å². The molecule has 164 valence electrons. The van der Waals surface area contributed by atoms with E-state index in [9.17, 15) is 4.79 Å². The first-order chi connectivity index (χ1) is 14.9. The molecule has 2 aromatic rings. The first-order valence-electron chi connectivity index (χ1n) is 11.5. The Morgan fingerprint density at radius 3 is 2.65 bits per heavy atom. The Kier molecular flexibility index (Phi) is 6.45. The molecule has 0 bridgehead atoms. The first kappa shape index (κ1) is 21.6. The smallest absolute Gasteiger partial charge is 0.410 e. The lowest BCUT2D eigenvalue weighted by molar-refractivity contribution is 0.0181. The maximum absolute atomic E-state index is 12.2. The number of carbonyl (C=O) groups is 1. The van der Waals surface area contributed by atoms with E-state index in [4.69, 9.17) is 4.74 Å². The van der Waals surface area contributed by atoms with Gasteiger partial charge in [-0.05, 0) is 93.0 Å². The topological polar surface area (TPSA) is 42.4 Å². The maximum atomic E-state index is 12.2. The van der Waals surface area contributed by atoms with E-state index in [1.165, 1.54) is 27.8 Å². The highest BCUT2D eigenvalue weighted by molar-refractivity contribution is 5.68. The van der Waals surface area contributed by atoms with Crippen LogP contribution in [0.25, 0.3) is 6.08 Å². The van der Waals surface area contributed by atoms with Gasteiger partial charge >= 0.3 is 6.09 Å². The van der Waals surface area contributed by atoms with Gasteiger partial charge in [0.25, 0.3) is 0 Å². The largest absolute Gasteiger partial charge is 0.444 e. The average Bonchev–Trinajstić information content (AvgIpc) is 3.20. The van der Waals surface area contributed by atoms with Crippen LogP contribution in [0.2, 0.25) is 0 Å². The second-order valence-corrected chi connectivity index (χ2v) is 9.97. The number of likely N-dealkylation sites (tertiary alicyclic amines) is 1. The lowest BCUT2D eigenvalue weighted by Gasteiger charge is -2.33. The molecule has 0 radical (unpaired) electrons. The number of nitrogens with zero attached hydrogens (tertiary/aromatic N) is 2. The number of benzene rings is 1. The zero-order chi connectivity index (χ0) is 21.8. The molecule has 1 saturated heterocycles. The van der Waals surface area contributed by atoms with Crippen molar-refractivity contribution in [2.75, 3.05) is 13.1 Å². The molecule has 1 aliphatic carbocycles. The minimum Gasteiger partial charge on any atom is -0.444 e. The van der Waals surface area contributed by atoms with Crippen molar-refractivity contribution < 1.29 is 9.53 Å². The lowest BCUT2D eigenvalue weighted by Crippen LogP contribution is -2.41. The molecule has 1 fully saturated rings. The highest BCUT2D eigenvalue weighted by atomic mass is 16.6. The van der Waals surface area contributed by atoms with Crippen molar-refractivity contribution >= 4 is 12.2 Å². The van der Waals surface area contributed by atoms with Crippen molar-refractivity contribution in [3.63, 3.8) is 0 Å². The van der Waals surface area contributed by atoms with Crippen molar-refractivity contribution in [1.29, 1.82) is 0 Å². The molecule has 1 amide bonds. The summed E-state index contributed by atoms with van der Waals surface area (Å²) in [6.07, 6.45) is 14.5. The Morgan fingerprint density at radius 2 is 1.87 bits per heavy atom. The highest BCUT2D eigenvalue weighted by Gasteiger charge is 2.26. The van der Waals surface area contributed by atoms with Crippen LogP contribution in [0.1, 0.15) is 67.9 Å². The number of hydrogen-bond acceptors (Lipinski definition) is 3. The van der Waals surface area contributed by atoms with Gasteiger partial charge in [-0.2, -0.15) is 0 Å². The predicted octanol–water partition coefficient (Wildman–Crippen LogP) is 5.82. The molecule has 31 heavy (non-hydrogen) atoms. The van der Waals surface area contributed by atoms with Crippen molar-refractivity contribution in [3.05, 3.63) is 70.6 Å². The van der Waals surface area contributed by atoms with Crippen LogP contribution in [0, 0.1) is 5.92 Å². The summed E-state index contributed by atoms with van der Waals surface area (Å²) < 4.78 is 5.50. The maximum Gasteiger partial charge on any atom is 0.410 e. The third kappa shape index (κ3) is 5.96. The van der Waals surface area contributed by atoms with Gasteiger partial charge in [0, 0.05) is 25.5 Å². The molecule has 1 aliphatic heterocycles. The molecule has 4 heteroatoms. The molecule has 2 heterocycles. The Labute approximate surface area is 186 Å². The third-order valence-corrected chi connectivity index (χ3v) is 6.21. The summed E-state index contributed by atoms with van der Waals surface area (Å²) in [6, 6.07) is 9.11. The van der Waals surface area contributed by atoms with E-state index in [0.717, 1.165) is 51.6 Å². The van der Waals surface area contributed by atoms with Crippen molar-refractivity contribution in [2.45, 2.75) is 64.9 Å². The Morgan fingerprint density at radius 1 is 1.10 bits per heavy atom. The zero-order valence-corrected chi connectivity index (χ0v) is 19.1. The van der Waals surface area contributed by atoms with E-state index in [1.807, 2.05) is 38.1 Å². The number of hydrogen-bond donors (Lipinski definition) is 0. The molecule has 0 atom stereocenters. The Bertz CT molecular complexity index is 950. The SMILES string of the molecule is CC(C)(C)OC(=O)N1CCC(CCc2cncc(Cc3ccc4c(c3)CC=C4)c2)CC1. The quantitative estimate of drug-likeness (QED) is 0.614. The molecule has 0 spiro atoms. The molecule has 4 rings (SSSR count). The van der Waals surface area contributed by atoms with E-state index in [1.54, 1.807) is 0 Å². The van der Waals surface area contributed by atoms with Gasteiger partial charge in [0.1, 0.15) is 5.60 Å². The zero-order valence-electron chi connectivity index (χ0n) is 19.1. The highest BCUT2D eigenvalue weighted by Crippen LogP contribution is 2.25. The molecule has 1 aromatic heterocycles. The molecule has 4 nitrogen and oxygen atoms in total. The first-order valence-corrected chi connectivity index (χ1v) is 11.5. The van der Waals surface area contributed by atoms with Crippen LogP contribution in [-0.4, -0.2) is 34.7 Å². The van der Waals surface area contributed by atoms with Gasteiger partial charge in [-0.15, -0.1) is 0 Å². The monoisotopic (exact) mass is 418 g/mol. The molecular weight excluding hydrogens is 384 g/mol. The number of pyridine rings is 1. The van der Waals surface area contributed by atoms with Gasteiger partial charge < -0.3 is 9.64 Å². The van der Waals surface area contributed by atoms with Crippen molar-refractivity contribution in [1.82, 2.24) is 9.88 Å². The lowest BCUT2D eigenvalue weighted by atomic mass is 9.90. The second-order valence-electron chi connectivity index (χ2n) is 9.97. The number of carbonyl (C=O) groups excluding carboxylic acids is 1. The van der Waals surface area contributed by atoms with Crippen LogP contribution in [0.5, 0.6) is 0 Å². The molecule has 0 unspecified atom stereocenters. The molecular formula is C27H34N2O2. The van der Waals surface area contributed by atoms with Crippen molar-refractivity contribution in [2.24, 2.45) is 5.92 Å². The summed E-state index contributed by atoms with van der Waals surface area (Å²) in [6.45, 7) is 7.35. The summed E-state index contributed by atoms with van der Waals surface area (Å²) in [5.41, 5.74) is 6.31.